The summed E-state index contributed by atoms with van der Waals surface area (Å²) in [7, 11) is 4.02. The van der Waals surface area contributed by atoms with E-state index in [1.54, 1.807) is 23.9 Å². The van der Waals surface area contributed by atoms with Crippen LogP contribution in [-0.4, -0.2) is 52.9 Å². The lowest BCUT2D eigenvalue weighted by Crippen LogP contribution is -2.36. The highest BCUT2D eigenvalue weighted by Crippen LogP contribution is 2.18. The molecule has 2 aromatic rings. The van der Waals surface area contributed by atoms with Crippen molar-refractivity contribution < 1.29 is 4.79 Å². The molecule has 0 bridgehead atoms. The number of nitrogens with zero attached hydrogens (tertiary/aromatic N) is 3. The van der Waals surface area contributed by atoms with Crippen LogP contribution in [0.4, 0.5) is 0 Å². The highest BCUT2D eigenvalue weighted by atomic mass is 32.1. The number of imidazole rings is 1. The number of hydrogen-bond donors (Lipinski definition) is 1. The molecule has 0 unspecified atom stereocenters. The molecular formula is C14H20N4OS. The largest absolute Gasteiger partial charge is 0.347 e. The summed E-state index contributed by atoms with van der Waals surface area (Å²) in [4.78, 5) is 25.5. The number of aromatic nitrogens is 2. The van der Waals surface area contributed by atoms with E-state index in [1.807, 2.05) is 38.1 Å². The zero-order valence-electron chi connectivity index (χ0n) is 12.1. The number of aromatic amines is 1. The van der Waals surface area contributed by atoms with Crippen LogP contribution < -0.4 is 0 Å². The first-order valence-electron chi connectivity index (χ1n) is 6.54. The average molecular weight is 292 g/mol. The molecule has 0 aliphatic carbocycles. The topological polar surface area (TPSA) is 52.2 Å². The van der Waals surface area contributed by atoms with Crippen LogP contribution in [0.2, 0.25) is 0 Å². The standard InChI is InChI=1S/C14H20N4OS/c1-11-4-5-13(20-11)14(19)18(7-6-17(2)3)9-12-8-15-10-16-12/h4-5,8,10H,6-7,9H2,1-3H3,(H,15,16). The third kappa shape index (κ3) is 3.91. The van der Waals surface area contributed by atoms with E-state index in [1.165, 1.54) is 0 Å². The molecule has 2 aromatic heterocycles. The molecule has 1 N–H and O–H groups in total. The van der Waals surface area contributed by atoms with Gasteiger partial charge < -0.3 is 14.8 Å². The predicted molar refractivity (Wildman–Crippen MR) is 80.9 cm³/mol. The van der Waals surface area contributed by atoms with Gasteiger partial charge in [-0.25, -0.2) is 4.98 Å². The van der Waals surface area contributed by atoms with Crippen LogP contribution in [0.5, 0.6) is 0 Å². The van der Waals surface area contributed by atoms with Crippen molar-refractivity contribution in [2.75, 3.05) is 27.2 Å². The second kappa shape index (κ2) is 6.67. The maximum atomic E-state index is 12.6. The summed E-state index contributed by atoms with van der Waals surface area (Å²) in [6, 6.07) is 3.89. The second-order valence-electron chi connectivity index (χ2n) is 5.02. The first-order valence-corrected chi connectivity index (χ1v) is 7.35. The molecule has 0 aromatic carbocycles. The number of thiophene rings is 1. The summed E-state index contributed by atoms with van der Waals surface area (Å²) in [5, 5.41) is 0. The Morgan fingerprint density at radius 1 is 1.35 bits per heavy atom. The fraction of sp³-hybridized carbons (Fsp3) is 0.429. The lowest BCUT2D eigenvalue weighted by molar-refractivity contribution is 0.0735. The number of likely N-dealkylation sites (N-methyl/N-ethyl adjacent to an activating group) is 1. The number of amides is 1. The van der Waals surface area contributed by atoms with E-state index in [-0.39, 0.29) is 5.91 Å². The van der Waals surface area contributed by atoms with E-state index >= 15 is 0 Å². The zero-order chi connectivity index (χ0) is 14.5. The summed E-state index contributed by atoms with van der Waals surface area (Å²) >= 11 is 1.54. The van der Waals surface area contributed by atoms with Crippen molar-refractivity contribution in [2.24, 2.45) is 0 Å². The van der Waals surface area contributed by atoms with Gasteiger partial charge in [-0.05, 0) is 33.2 Å². The second-order valence-corrected chi connectivity index (χ2v) is 6.31. The molecule has 0 saturated carbocycles. The van der Waals surface area contributed by atoms with Crippen LogP contribution in [-0.2, 0) is 6.54 Å². The molecule has 2 rings (SSSR count). The van der Waals surface area contributed by atoms with E-state index < -0.39 is 0 Å². The quantitative estimate of drug-likeness (QED) is 0.886. The van der Waals surface area contributed by atoms with Crippen molar-refractivity contribution in [1.82, 2.24) is 19.8 Å². The molecule has 0 aliphatic heterocycles. The maximum Gasteiger partial charge on any atom is 0.264 e. The third-order valence-electron chi connectivity index (χ3n) is 2.97. The normalized spacial score (nSPS) is 11.0. The number of aryl methyl sites for hydroxylation is 1. The SMILES string of the molecule is Cc1ccc(C(=O)N(CCN(C)C)Cc2cnc[nH]2)s1. The Hall–Kier alpha value is -1.66. The highest BCUT2D eigenvalue weighted by molar-refractivity contribution is 7.13. The molecule has 0 fully saturated rings. The summed E-state index contributed by atoms with van der Waals surface area (Å²) in [6.45, 7) is 4.11. The predicted octanol–water partition coefficient (Wildman–Crippen LogP) is 1.98. The number of nitrogens with one attached hydrogen (secondary N) is 1. The first kappa shape index (κ1) is 14.7. The smallest absolute Gasteiger partial charge is 0.264 e. The van der Waals surface area contributed by atoms with E-state index in [0.717, 1.165) is 22.0 Å². The van der Waals surface area contributed by atoms with Gasteiger partial charge in [-0.15, -0.1) is 11.3 Å². The van der Waals surface area contributed by atoms with Crippen molar-refractivity contribution in [2.45, 2.75) is 13.5 Å². The van der Waals surface area contributed by atoms with Crippen molar-refractivity contribution in [3.8, 4) is 0 Å². The van der Waals surface area contributed by atoms with Gasteiger partial charge in [0, 0.05) is 24.2 Å². The molecular weight excluding hydrogens is 272 g/mol. The van der Waals surface area contributed by atoms with Gasteiger partial charge in [-0.3, -0.25) is 4.79 Å². The fourth-order valence-electron chi connectivity index (χ4n) is 1.86. The summed E-state index contributed by atoms with van der Waals surface area (Å²) in [6.07, 6.45) is 3.40. The molecule has 0 saturated heterocycles. The number of H-pyrrole nitrogens is 1. The van der Waals surface area contributed by atoms with Crippen molar-refractivity contribution in [3.63, 3.8) is 0 Å². The first-order chi connectivity index (χ1) is 9.56. The Balaban J connectivity index is 2.10. The molecule has 5 nitrogen and oxygen atoms in total. The van der Waals surface area contributed by atoms with Crippen molar-refractivity contribution in [1.29, 1.82) is 0 Å². The Morgan fingerprint density at radius 2 is 2.15 bits per heavy atom. The fourth-order valence-corrected chi connectivity index (χ4v) is 2.69. The summed E-state index contributed by atoms with van der Waals surface area (Å²) in [5.74, 6) is 0.0829. The minimum absolute atomic E-state index is 0.0829. The van der Waals surface area contributed by atoms with Crippen LogP contribution in [0.15, 0.2) is 24.7 Å². The highest BCUT2D eigenvalue weighted by Gasteiger charge is 2.18. The lowest BCUT2D eigenvalue weighted by Gasteiger charge is -2.23. The Morgan fingerprint density at radius 3 is 2.70 bits per heavy atom. The molecule has 0 spiro atoms. The minimum Gasteiger partial charge on any atom is -0.347 e. The van der Waals surface area contributed by atoms with E-state index in [4.69, 9.17) is 0 Å². The van der Waals surface area contributed by atoms with Gasteiger partial charge in [0.25, 0.3) is 5.91 Å². The van der Waals surface area contributed by atoms with E-state index in [9.17, 15) is 4.79 Å². The molecule has 20 heavy (non-hydrogen) atoms. The number of hydrogen-bond acceptors (Lipinski definition) is 4. The van der Waals surface area contributed by atoms with Gasteiger partial charge >= 0.3 is 0 Å². The van der Waals surface area contributed by atoms with Crippen LogP contribution in [0.1, 0.15) is 20.2 Å². The molecule has 6 heteroatoms. The number of carbonyl (C=O) groups excluding carboxylic acids is 1. The zero-order valence-corrected chi connectivity index (χ0v) is 12.9. The van der Waals surface area contributed by atoms with Gasteiger partial charge in [0.05, 0.1) is 23.4 Å². The third-order valence-corrected chi connectivity index (χ3v) is 3.96. The number of carbonyl (C=O) groups is 1. The Labute approximate surface area is 123 Å². The summed E-state index contributed by atoms with van der Waals surface area (Å²) < 4.78 is 0. The molecule has 0 radical (unpaired) electrons. The van der Waals surface area contributed by atoms with Crippen LogP contribution in [0, 0.1) is 6.92 Å². The molecule has 108 valence electrons. The number of rotatable bonds is 6. The van der Waals surface area contributed by atoms with E-state index in [0.29, 0.717) is 13.1 Å². The van der Waals surface area contributed by atoms with Gasteiger partial charge in [0.15, 0.2) is 0 Å². The summed E-state index contributed by atoms with van der Waals surface area (Å²) in [5.41, 5.74) is 0.949. The van der Waals surface area contributed by atoms with E-state index in [2.05, 4.69) is 14.9 Å². The molecule has 0 atom stereocenters. The Bertz CT molecular complexity index is 547. The van der Waals surface area contributed by atoms with Gasteiger partial charge in [-0.1, -0.05) is 0 Å². The van der Waals surface area contributed by atoms with Gasteiger partial charge in [0.1, 0.15) is 0 Å². The van der Waals surface area contributed by atoms with Crippen LogP contribution >= 0.6 is 11.3 Å². The molecule has 2 heterocycles. The van der Waals surface area contributed by atoms with Crippen LogP contribution in [0.25, 0.3) is 0 Å². The van der Waals surface area contributed by atoms with Gasteiger partial charge in [-0.2, -0.15) is 0 Å². The molecule has 0 aliphatic rings. The lowest BCUT2D eigenvalue weighted by atomic mass is 10.3. The van der Waals surface area contributed by atoms with Gasteiger partial charge in [0.2, 0.25) is 0 Å². The minimum atomic E-state index is 0.0829. The van der Waals surface area contributed by atoms with Crippen molar-refractivity contribution >= 4 is 17.2 Å². The van der Waals surface area contributed by atoms with Crippen LogP contribution in [0.3, 0.4) is 0 Å². The maximum absolute atomic E-state index is 12.6. The average Bonchev–Trinajstić information content (AvgIpc) is 3.04. The van der Waals surface area contributed by atoms with Crippen molar-refractivity contribution in [3.05, 3.63) is 40.1 Å². The monoisotopic (exact) mass is 292 g/mol. The Kier molecular flexibility index (Phi) is 4.92. The molecule has 1 amide bonds.